The molecule has 0 aromatic heterocycles. The molecular formula is C11H14O. The molecule has 0 fully saturated rings. The van der Waals surface area contributed by atoms with E-state index in [1.165, 1.54) is 18.4 Å². The van der Waals surface area contributed by atoms with Crippen LogP contribution in [0.1, 0.15) is 38.5 Å². The van der Waals surface area contributed by atoms with Gasteiger partial charge >= 0.3 is 0 Å². The van der Waals surface area contributed by atoms with Crippen molar-refractivity contribution >= 4 is 5.78 Å². The van der Waals surface area contributed by atoms with Crippen LogP contribution in [-0.4, -0.2) is 5.78 Å². The molecule has 0 N–H and O–H groups in total. The van der Waals surface area contributed by atoms with Crippen molar-refractivity contribution in [2.24, 2.45) is 0 Å². The molecule has 0 saturated heterocycles. The summed E-state index contributed by atoms with van der Waals surface area (Å²) >= 11 is 0. The highest BCUT2D eigenvalue weighted by Crippen LogP contribution is 2.30. The van der Waals surface area contributed by atoms with Crippen molar-refractivity contribution in [3.05, 3.63) is 23.3 Å². The van der Waals surface area contributed by atoms with Gasteiger partial charge in [0.15, 0.2) is 5.78 Å². The van der Waals surface area contributed by atoms with E-state index in [0.29, 0.717) is 5.78 Å². The highest BCUT2D eigenvalue weighted by Gasteiger charge is 2.21. The predicted molar refractivity (Wildman–Crippen MR) is 48.9 cm³/mol. The lowest BCUT2D eigenvalue weighted by Gasteiger charge is -2.06. The van der Waals surface area contributed by atoms with Crippen LogP contribution >= 0.6 is 0 Å². The Kier molecular flexibility index (Phi) is 2.11. The molecule has 1 nitrogen and oxygen atoms in total. The van der Waals surface area contributed by atoms with Gasteiger partial charge in [-0.15, -0.1) is 0 Å². The average Bonchev–Trinajstić information content (AvgIpc) is 2.31. The molecule has 12 heavy (non-hydrogen) atoms. The number of ketones is 1. The molecule has 0 aliphatic heterocycles. The molecule has 1 heteroatoms. The Morgan fingerprint density at radius 3 is 2.92 bits per heavy atom. The van der Waals surface area contributed by atoms with Crippen LogP contribution in [-0.2, 0) is 4.79 Å². The van der Waals surface area contributed by atoms with E-state index in [1.54, 1.807) is 0 Å². The van der Waals surface area contributed by atoms with Crippen molar-refractivity contribution in [3.63, 3.8) is 0 Å². The van der Waals surface area contributed by atoms with Crippen molar-refractivity contribution in [1.82, 2.24) is 0 Å². The minimum atomic E-state index is 0.400. The van der Waals surface area contributed by atoms with Gasteiger partial charge in [0.25, 0.3) is 0 Å². The second-order valence-electron chi connectivity index (χ2n) is 3.57. The van der Waals surface area contributed by atoms with Gasteiger partial charge in [-0.05, 0) is 37.7 Å². The van der Waals surface area contributed by atoms with Gasteiger partial charge in [-0.3, -0.25) is 4.79 Å². The zero-order valence-electron chi connectivity index (χ0n) is 7.31. The van der Waals surface area contributed by atoms with Gasteiger partial charge in [0.05, 0.1) is 0 Å². The fourth-order valence-electron chi connectivity index (χ4n) is 2.05. The molecule has 0 atom stereocenters. The summed E-state index contributed by atoms with van der Waals surface area (Å²) in [6, 6.07) is 0. The molecule has 0 aromatic rings. The summed E-state index contributed by atoms with van der Waals surface area (Å²) < 4.78 is 0. The van der Waals surface area contributed by atoms with Crippen molar-refractivity contribution < 1.29 is 4.79 Å². The van der Waals surface area contributed by atoms with Gasteiger partial charge in [-0.2, -0.15) is 0 Å². The summed E-state index contributed by atoms with van der Waals surface area (Å²) in [6.07, 6.45) is 10.6. The van der Waals surface area contributed by atoms with E-state index >= 15 is 0 Å². The van der Waals surface area contributed by atoms with Crippen molar-refractivity contribution in [2.45, 2.75) is 38.5 Å². The lowest BCUT2D eigenvalue weighted by atomic mass is 9.99. The monoisotopic (exact) mass is 162 g/mol. The second kappa shape index (κ2) is 3.26. The first-order valence-corrected chi connectivity index (χ1v) is 4.77. The number of allylic oxidation sites excluding steroid dienone is 4. The Balaban J connectivity index is 2.22. The van der Waals surface area contributed by atoms with Crippen molar-refractivity contribution in [2.75, 3.05) is 0 Å². The number of carbonyl (C=O) groups excluding carboxylic acids is 1. The molecule has 64 valence electrons. The van der Waals surface area contributed by atoms with Crippen LogP contribution < -0.4 is 0 Å². The fourth-order valence-corrected chi connectivity index (χ4v) is 2.05. The largest absolute Gasteiger partial charge is 0.295 e. The van der Waals surface area contributed by atoms with Gasteiger partial charge in [0.2, 0.25) is 0 Å². The third-order valence-corrected chi connectivity index (χ3v) is 2.76. The summed E-state index contributed by atoms with van der Waals surface area (Å²) in [5.74, 6) is 0.400. The zero-order valence-corrected chi connectivity index (χ0v) is 7.31. The lowest BCUT2D eigenvalue weighted by molar-refractivity contribution is -0.114. The molecule has 0 amide bonds. The third-order valence-electron chi connectivity index (χ3n) is 2.76. The molecule has 0 aromatic carbocycles. The Hall–Kier alpha value is -0.850. The Labute approximate surface area is 73.2 Å². The van der Waals surface area contributed by atoms with Crippen LogP contribution in [0.2, 0.25) is 0 Å². The molecule has 0 bridgehead atoms. The maximum atomic E-state index is 11.4. The van der Waals surface area contributed by atoms with E-state index in [-0.39, 0.29) is 0 Å². The van der Waals surface area contributed by atoms with E-state index in [9.17, 15) is 4.79 Å². The van der Waals surface area contributed by atoms with Crippen LogP contribution in [0.3, 0.4) is 0 Å². The Morgan fingerprint density at radius 1 is 1.08 bits per heavy atom. The van der Waals surface area contributed by atoms with E-state index in [0.717, 1.165) is 31.3 Å². The summed E-state index contributed by atoms with van der Waals surface area (Å²) in [5.41, 5.74) is 2.58. The quantitative estimate of drug-likeness (QED) is 0.500. The smallest absolute Gasteiger partial charge is 0.159 e. The van der Waals surface area contributed by atoms with Crippen LogP contribution in [0.25, 0.3) is 0 Å². The van der Waals surface area contributed by atoms with E-state index < -0.39 is 0 Å². The summed E-state index contributed by atoms with van der Waals surface area (Å²) in [7, 11) is 0. The minimum absolute atomic E-state index is 0.400. The molecule has 2 rings (SSSR count). The maximum absolute atomic E-state index is 11.4. The second-order valence-corrected chi connectivity index (χ2v) is 3.57. The highest BCUT2D eigenvalue weighted by molar-refractivity contribution is 5.98. The van der Waals surface area contributed by atoms with Crippen LogP contribution in [0, 0.1) is 0 Å². The van der Waals surface area contributed by atoms with Gasteiger partial charge in [-0.1, -0.05) is 17.7 Å². The molecule has 0 heterocycles. The van der Waals surface area contributed by atoms with E-state index in [4.69, 9.17) is 0 Å². The summed E-state index contributed by atoms with van der Waals surface area (Å²) in [4.78, 5) is 11.4. The van der Waals surface area contributed by atoms with Gasteiger partial charge in [-0.25, -0.2) is 0 Å². The topological polar surface area (TPSA) is 17.1 Å². The molecule has 0 spiro atoms. The highest BCUT2D eigenvalue weighted by atomic mass is 16.1. The standard InChI is InChI=1S/C11H14O/c12-11-8-7-9-5-3-1-2-4-6-10(9)11/h2,4H,1,3,5-8H2/b4-2-. The first kappa shape index (κ1) is 7.78. The molecule has 0 saturated carbocycles. The zero-order chi connectivity index (χ0) is 8.39. The molecule has 0 radical (unpaired) electrons. The third kappa shape index (κ3) is 1.36. The average molecular weight is 162 g/mol. The van der Waals surface area contributed by atoms with Crippen molar-refractivity contribution in [3.8, 4) is 0 Å². The van der Waals surface area contributed by atoms with Gasteiger partial charge < -0.3 is 0 Å². The normalized spacial score (nSPS) is 26.5. The van der Waals surface area contributed by atoms with Crippen LogP contribution in [0.15, 0.2) is 23.3 Å². The summed E-state index contributed by atoms with van der Waals surface area (Å²) in [5, 5.41) is 0. The first-order valence-electron chi connectivity index (χ1n) is 4.77. The molecule has 2 aliphatic carbocycles. The SMILES string of the molecule is O=C1CCC2=C1C/C=C\CCC2. The predicted octanol–water partition coefficient (Wildman–Crippen LogP) is 2.78. The van der Waals surface area contributed by atoms with E-state index in [2.05, 4.69) is 12.2 Å². The fraction of sp³-hybridized carbons (Fsp3) is 0.545. The Bertz CT molecular complexity index is 258. The molecule has 2 aliphatic rings. The minimum Gasteiger partial charge on any atom is -0.295 e. The number of carbonyl (C=O) groups is 1. The van der Waals surface area contributed by atoms with Crippen LogP contribution in [0.5, 0.6) is 0 Å². The van der Waals surface area contributed by atoms with Gasteiger partial charge in [0, 0.05) is 6.42 Å². The summed E-state index contributed by atoms with van der Waals surface area (Å²) in [6.45, 7) is 0. The number of rotatable bonds is 0. The number of hydrogen-bond acceptors (Lipinski definition) is 1. The molecular weight excluding hydrogens is 148 g/mol. The van der Waals surface area contributed by atoms with Gasteiger partial charge in [0.1, 0.15) is 0 Å². The van der Waals surface area contributed by atoms with E-state index in [1.807, 2.05) is 0 Å². The number of hydrogen-bond donors (Lipinski definition) is 0. The Morgan fingerprint density at radius 2 is 2.00 bits per heavy atom. The van der Waals surface area contributed by atoms with Crippen LogP contribution in [0.4, 0.5) is 0 Å². The van der Waals surface area contributed by atoms with Crippen molar-refractivity contribution in [1.29, 1.82) is 0 Å². The lowest BCUT2D eigenvalue weighted by Crippen LogP contribution is -1.96. The maximum Gasteiger partial charge on any atom is 0.159 e. The first-order chi connectivity index (χ1) is 5.88. The molecule has 0 unspecified atom stereocenters. The number of Topliss-reactive ketones (excluding diaryl/α,β-unsaturated/α-hetero) is 1.